The third-order valence-corrected chi connectivity index (χ3v) is 5.90. The monoisotopic (exact) mass is 431 g/mol. The molecule has 0 saturated heterocycles. The molecule has 1 aromatic rings. The van der Waals surface area contributed by atoms with Gasteiger partial charge < -0.3 is 15.0 Å². The summed E-state index contributed by atoms with van der Waals surface area (Å²) in [7, 11) is 3.70. The number of hydroxylamine groups is 2. The zero-order valence-corrected chi connectivity index (χ0v) is 19.6. The number of hydrogen-bond acceptors (Lipinski definition) is 4. The standard InChI is InChI=1S/C25H41N3O3/c1-5-18-27(3)19-8-6-7-9-20-31-24-16-14-23(15-17-24)28(30-4)25(29)26-22-12-10-21(2)11-13-22/h5,10-13,23-24H,1,6-9,14-20H2,2-4H3,(H,26,29)/t23-,24-. The number of benzene rings is 1. The van der Waals surface area contributed by atoms with E-state index in [9.17, 15) is 4.79 Å². The zero-order chi connectivity index (χ0) is 22.5. The Morgan fingerprint density at radius 1 is 1.13 bits per heavy atom. The van der Waals surface area contributed by atoms with Gasteiger partial charge in [0.1, 0.15) is 0 Å². The number of ether oxygens (including phenoxy) is 1. The highest BCUT2D eigenvalue weighted by Crippen LogP contribution is 2.26. The van der Waals surface area contributed by atoms with Crippen molar-refractivity contribution in [1.82, 2.24) is 9.96 Å². The Balaban J connectivity index is 1.60. The summed E-state index contributed by atoms with van der Waals surface area (Å²) >= 11 is 0. The Kier molecular flexibility index (Phi) is 11.6. The average molecular weight is 432 g/mol. The van der Waals surface area contributed by atoms with Crippen molar-refractivity contribution in [1.29, 1.82) is 0 Å². The highest BCUT2D eigenvalue weighted by Gasteiger charge is 2.29. The number of likely N-dealkylation sites (N-methyl/N-ethyl adjacent to an activating group) is 1. The first-order valence-corrected chi connectivity index (χ1v) is 11.7. The van der Waals surface area contributed by atoms with Gasteiger partial charge in [0.2, 0.25) is 0 Å². The number of amides is 2. The molecule has 2 rings (SSSR count). The van der Waals surface area contributed by atoms with Crippen LogP contribution in [-0.2, 0) is 9.57 Å². The highest BCUT2D eigenvalue weighted by molar-refractivity contribution is 5.88. The van der Waals surface area contributed by atoms with E-state index in [0.717, 1.165) is 63.1 Å². The summed E-state index contributed by atoms with van der Waals surface area (Å²) in [6.07, 6.45) is 10.8. The molecule has 6 nitrogen and oxygen atoms in total. The van der Waals surface area contributed by atoms with Gasteiger partial charge >= 0.3 is 6.03 Å². The number of nitrogens with one attached hydrogen (secondary N) is 1. The largest absolute Gasteiger partial charge is 0.378 e. The first-order chi connectivity index (χ1) is 15.0. The summed E-state index contributed by atoms with van der Waals surface area (Å²) in [6, 6.07) is 7.65. The second-order valence-corrected chi connectivity index (χ2v) is 8.57. The van der Waals surface area contributed by atoms with E-state index in [1.165, 1.54) is 24.3 Å². The number of urea groups is 1. The number of hydrogen-bond donors (Lipinski definition) is 1. The first-order valence-electron chi connectivity index (χ1n) is 11.7. The Morgan fingerprint density at radius 2 is 1.81 bits per heavy atom. The Labute approximate surface area is 188 Å². The first kappa shape index (κ1) is 25.4. The quantitative estimate of drug-likeness (QED) is 0.258. The molecule has 2 amide bonds. The minimum absolute atomic E-state index is 0.0860. The van der Waals surface area contributed by atoms with Crippen LogP contribution in [0.25, 0.3) is 0 Å². The second kappa shape index (κ2) is 14.2. The van der Waals surface area contributed by atoms with Crippen molar-refractivity contribution in [3.05, 3.63) is 42.5 Å². The maximum Gasteiger partial charge on any atom is 0.346 e. The molecule has 1 aromatic carbocycles. The highest BCUT2D eigenvalue weighted by atomic mass is 16.7. The molecule has 31 heavy (non-hydrogen) atoms. The van der Waals surface area contributed by atoms with E-state index in [1.807, 2.05) is 37.3 Å². The van der Waals surface area contributed by atoms with Crippen LogP contribution in [-0.4, -0.2) is 62.0 Å². The molecule has 1 aliphatic carbocycles. The summed E-state index contributed by atoms with van der Waals surface area (Å²) in [4.78, 5) is 20.4. The average Bonchev–Trinajstić information content (AvgIpc) is 2.76. The van der Waals surface area contributed by atoms with Gasteiger partial charge in [-0.3, -0.25) is 4.84 Å². The number of carbonyl (C=O) groups is 1. The number of nitrogens with zero attached hydrogens (tertiary/aromatic N) is 2. The maximum atomic E-state index is 12.6. The second-order valence-electron chi connectivity index (χ2n) is 8.57. The summed E-state index contributed by atoms with van der Waals surface area (Å²) in [5.41, 5.74) is 1.94. The van der Waals surface area contributed by atoms with Gasteiger partial charge in [0, 0.05) is 18.8 Å². The van der Waals surface area contributed by atoms with Crippen molar-refractivity contribution in [2.75, 3.05) is 39.2 Å². The lowest BCUT2D eigenvalue weighted by Crippen LogP contribution is -2.44. The van der Waals surface area contributed by atoms with Crippen LogP contribution in [0.3, 0.4) is 0 Å². The molecule has 0 bridgehead atoms. The third-order valence-electron chi connectivity index (χ3n) is 5.90. The molecule has 174 valence electrons. The van der Waals surface area contributed by atoms with E-state index in [-0.39, 0.29) is 12.1 Å². The van der Waals surface area contributed by atoms with Gasteiger partial charge in [-0.15, -0.1) is 6.58 Å². The Morgan fingerprint density at radius 3 is 2.45 bits per heavy atom. The number of carbonyl (C=O) groups excluding carboxylic acids is 1. The summed E-state index contributed by atoms with van der Waals surface area (Å²) in [6.45, 7) is 8.72. The molecule has 0 aliphatic heterocycles. The number of aryl methyl sites for hydroxylation is 1. The molecule has 0 heterocycles. The van der Waals surface area contributed by atoms with E-state index in [2.05, 4.69) is 23.8 Å². The van der Waals surface area contributed by atoms with Crippen LogP contribution < -0.4 is 5.32 Å². The summed E-state index contributed by atoms with van der Waals surface area (Å²) < 4.78 is 6.09. The summed E-state index contributed by atoms with van der Waals surface area (Å²) in [5, 5.41) is 4.41. The van der Waals surface area contributed by atoms with E-state index < -0.39 is 0 Å². The van der Waals surface area contributed by atoms with Crippen LogP contribution in [0.5, 0.6) is 0 Å². The van der Waals surface area contributed by atoms with Gasteiger partial charge in [0.15, 0.2) is 0 Å². The van der Waals surface area contributed by atoms with Crippen LogP contribution >= 0.6 is 0 Å². The fourth-order valence-corrected chi connectivity index (χ4v) is 4.06. The Bertz CT molecular complexity index is 642. The van der Waals surface area contributed by atoms with Crippen LogP contribution in [0.4, 0.5) is 10.5 Å². The molecule has 0 atom stereocenters. The van der Waals surface area contributed by atoms with Crippen molar-refractivity contribution in [3.8, 4) is 0 Å². The van der Waals surface area contributed by atoms with Gasteiger partial charge in [-0.25, -0.2) is 9.86 Å². The molecule has 0 radical (unpaired) electrons. The van der Waals surface area contributed by atoms with Crippen molar-refractivity contribution in [2.24, 2.45) is 0 Å². The minimum Gasteiger partial charge on any atom is -0.378 e. The predicted molar refractivity (Wildman–Crippen MR) is 127 cm³/mol. The van der Waals surface area contributed by atoms with Gasteiger partial charge in [0.05, 0.1) is 19.3 Å². The zero-order valence-electron chi connectivity index (χ0n) is 19.6. The minimum atomic E-state index is -0.213. The normalized spacial score (nSPS) is 18.7. The fraction of sp³-hybridized carbons (Fsp3) is 0.640. The molecule has 1 fully saturated rings. The molecule has 0 aromatic heterocycles. The smallest absolute Gasteiger partial charge is 0.346 e. The Hall–Kier alpha value is -1.89. The van der Waals surface area contributed by atoms with Gasteiger partial charge in [-0.1, -0.05) is 36.6 Å². The number of anilines is 1. The molecule has 6 heteroatoms. The van der Waals surface area contributed by atoms with E-state index in [1.54, 1.807) is 7.11 Å². The molecular formula is C25H41N3O3. The molecule has 1 N–H and O–H groups in total. The molecule has 0 unspecified atom stereocenters. The van der Waals surface area contributed by atoms with E-state index >= 15 is 0 Å². The van der Waals surface area contributed by atoms with Gasteiger partial charge in [-0.2, -0.15) is 0 Å². The van der Waals surface area contributed by atoms with Crippen LogP contribution in [0.2, 0.25) is 0 Å². The maximum absolute atomic E-state index is 12.6. The molecular weight excluding hydrogens is 390 g/mol. The van der Waals surface area contributed by atoms with E-state index in [0.29, 0.717) is 6.10 Å². The van der Waals surface area contributed by atoms with Crippen molar-refractivity contribution in [2.45, 2.75) is 70.4 Å². The number of unbranched alkanes of at least 4 members (excludes halogenated alkanes) is 3. The van der Waals surface area contributed by atoms with Crippen LogP contribution in [0, 0.1) is 6.92 Å². The molecule has 1 saturated carbocycles. The topological polar surface area (TPSA) is 54.0 Å². The van der Waals surface area contributed by atoms with Crippen molar-refractivity contribution in [3.63, 3.8) is 0 Å². The summed E-state index contributed by atoms with van der Waals surface area (Å²) in [5.74, 6) is 0. The number of rotatable bonds is 13. The van der Waals surface area contributed by atoms with Crippen LogP contribution in [0.1, 0.15) is 56.9 Å². The lowest BCUT2D eigenvalue weighted by molar-refractivity contribution is -0.128. The molecule has 1 aliphatic rings. The lowest BCUT2D eigenvalue weighted by atomic mass is 9.93. The van der Waals surface area contributed by atoms with Crippen LogP contribution in [0.15, 0.2) is 36.9 Å². The SMILES string of the molecule is C=CCN(C)CCCCCCO[C@H]1CC[C@H](N(OC)C(=O)Nc2ccc(C)cc2)CC1. The molecule has 0 spiro atoms. The van der Waals surface area contributed by atoms with Crippen molar-refractivity contribution >= 4 is 11.7 Å². The lowest BCUT2D eigenvalue weighted by Gasteiger charge is -2.35. The van der Waals surface area contributed by atoms with Gasteiger partial charge in [-0.05, 0) is 71.2 Å². The predicted octanol–water partition coefficient (Wildman–Crippen LogP) is 5.40. The van der Waals surface area contributed by atoms with E-state index in [4.69, 9.17) is 9.57 Å². The van der Waals surface area contributed by atoms with Crippen molar-refractivity contribution < 1.29 is 14.4 Å². The van der Waals surface area contributed by atoms with Gasteiger partial charge in [0.25, 0.3) is 0 Å². The fourth-order valence-electron chi connectivity index (χ4n) is 4.06. The third kappa shape index (κ3) is 9.42.